The molecular formula is C20H29ClF2IN8OP. The zero-order chi connectivity index (χ0) is 26.0. The summed E-state index contributed by atoms with van der Waals surface area (Å²) < 4.78 is 33.7. The first kappa shape index (κ1) is 30.0. The number of amidine groups is 1. The Morgan fingerprint density at radius 1 is 1.26 bits per heavy atom. The number of methoxy groups -OCH3 is 1. The van der Waals surface area contributed by atoms with Crippen LogP contribution in [0.4, 0.5) is 20.2 Å². The Bertz CT molecular complexity index is 1110. The molecule has 188 valence electrons. The quantitative estimate of drug-likeness (QED) is 0.0555. The van der Waals surface area contributed by atoms with Gasteiger partial charge < -0.3 is 15.8 Å². The lowest BCUT2D eigenvalue weighted by Crippen LogP contribution is -2.26. The number of anilines is 2. The van der Waals surface area contributed by atoms with E-state index >= 15 is 0 Å². The van der Waals surface area contributed by atoms with Gasteiger partial charge in [-0.25, -0.2) is 29.7 Å². The van der Waals surface area contributed by atoms with E-state index < -0.39 is 6.43 Å². The molecule has 3 rings (SSSR count). The average molecular weight is 629 g/mol. The van der Waals surface area contributed by atoms with E-state index in [1.165, 1.54) is 24.6 Å². The summed E-state index contributed by atoms with van der Waals surface area (Å²) in [5.41, 5.74) is 7.91. The van der Waals surface area contributed by atoms with Crippen molar-refractivity contribution in [1.29, 1.82) is 0 Å². The first-order chi connectivity index (χ1) is 16.3. The first-order valence-corrected chi connectivity index (χ1v) is 14.7. The highest BCUT2D eigenvalue weighted by Gasteiger charge is 2.23. The number of alkyl halides is 2. The summed E-state index contributed by atoms with van der Waals surface area (Å²) in [6.07, 6.45) is -2.78. The van der Waals surface area contributed by atoms with Crippen LogP contribution in [0.3, 0.4) is 0 Å². The summed E-state index contributed by atoms with van der Waals surface area (Å²) in [5, 5.41) is 8.32. The molecule has 1 unspecified atom stereocenters. The SMILES string of the molecule is CC.CC.COc1c(Nc2cc(Cl)nc3c2nc(C(F)F)n3PI)cccc1/C(N)=N/N(C)N. The van der Waals surface area contributed by atoms with E-state index in [9.17, 15) is 8.78 Å². The maximum absolute atomic E-state index is 13.5. The van der Waals surface area contributed by atoms with Gasteiger partial charge in [-0.05, 0) is 34.2 Å². The lowest BCUT2D eigenvalue weighted by Gasteiger charge is -2.16. The second kappa shape index (κ2) is 14.4. The maximum atomic E-state index is 13.5. The molecule has 0 bridgehead atoms. The molecule has 14 heteroatoms. The molecule has 3 aromatic rings. The van der Waals surface area contributed by atoms with Crippen LogP contribution in [0.2, 0.25) is 5.15 Å². The molecule has 0 aliphatic rings. The third kappa shape index (κ3) is 7.00. The van der Waals surface area contributed by atoms with Crippen LogP contribution in [0, 0.1) is 0 Å². The van der Waals surface area contributed by atoms with Gasteiger partial charge in [0, 0.05) is 13.1 Å². The van der Waals surface area contributed by atoms with Crippen molar-refractivity contribution >= 4 is 68.4 Å². The summed E-state index contributed by atoms with van der Waals surface area (Å²) in [5.74, 6) is 5.67. The number of ether oxygens (including phenoxy) is 1. The van der Waals surface area contributed by atoms with E-state index in [0.29, 0.717) is 22.7 Å². The number of halogens is 4. The Morgan fingerprint density at radius 2 is 1.91 bits per heavy atom. The third-order valence-electron chi connectivity index (χ3n) is 3.92. The number of hydrazine groups is 1. The smallest absolute Gasteiger partial charge is 0.295 e. The van der Waals surface area contributed by atoms with E-state index in [1.807, 2.05) is 49.7 Å². The fourth-order valence-corrected chi connectivity index (χ4v) is 4.87. The molecule has 0 aliphatic heterocycles. The molecule has 0 saturated heterocycles. The summed E-state index contributed by atoms with van der Waals surface area (Å²) in [4.78, 5) is 8.27. The largest absolute Gasteiger partial charge is 0.494 e. The zero-order valence-corrected chi connectivity index (χ0v) is 23.6. The van der Waals surface area contributed by atoms with Crippen LogP contribution in [0.5, 0.6) is 5.75 Å². The van der Waals surface area contributed by atoms with Crippen molar-refractivity contribution in [3.8, 4) is 5.75 Å². The molecule has 1 aromatic carbocycles. The highest BCUT2D eigenvalue weighted by molar-refractivity contribution is 14.2. The normalized spacial score (nSPS) is 11.2. The Kier molecular flexibility index (Phi) is 12.7. The minimum atomic E-state index is -2.75. The molecule has 0 fully saturated rings. The number of nitrogens with zero attached hydrogens (tertiary/aromatic N) is 5. The van der Waals surface area contributed by atoms with Crippen LogP contribution in [0.1, 0.15) is 45.5 Å². The predicted octanol–water partition coefficient (Wildman–Crippen LogP) is 6.04. The minimum absolute atomic E-state index is 0.0280. The topological polar surface area (TPSA) is 120 Å². The number of fused-ring (bicyclic) bond motifs is 1. The molecule has 0 radical (unpaired) electrons. The number of rotatable bonds is 7. The van der Waals surface area contributed by atoms with E-state index in [2.05, 4.69) is 20.4 Å². The number of para-hydroxylation sites is 1. The number of hydrogen-bond acceptors (Lipinski definition) is 7. The Labute approximate surface area is 217 Å². The molecule has 9 nitrogen and oxygen atoms in total. The van der Waals surface area contributed by atoms with Gasteiger partial charge in [-0.3, -0.25) is 4.34 Å². The highest BCUT2D eigenvalue weighted by atomic mass is 127. The second-order valence-corrected chi connectivity index (χ2v) is 8.38. The number of hydrogen-bond donors (Lipinski definition) is 3. The molecule has 5 N–H and O–H groups in total. The standard InChI is InChI=1S/C16H17ClF2IN8OP.2C2H6/c1-27(22)26-14(21)7-4-3-5-8(12(7)29-2)23-9-6-10(17)24-15-11(9)25-16(13(18)19)28(15)30-20;2*1-2/h3-6,13,30H,22H2,1-2H3,(H2,21,26)(H,23,24);2*1-2H3. The predicted molar refractivity (Wildman–Crippen MR) is 147 cm³/mol. The zero-order valence-electron chi connectivity index (χ0n) is 19.7. The monoisotopic (exact) mass is 628 g/mol. The van der Waals surface area contributed by atoms with Gasteiger partial charge in [-0.2, -0.15) is 0 Å². The number of benzene rings is 1. The molecule has 1 atom stereocenters. The molecule has 0 spiro atoms. The van der Waals surface area contributed by atoms with E-state index in [4.69, 9.17) is 27.9 Å². The summed E-state index contributed by atoms with van der Waals surface area (Å²) in [7, 11) is 3.00. The second-order valence-electron chi connectivity index (χ2n) is 5.93. The molecule has 0 amide bonds. The van der Waals surface area contributed by atoms with Gasteiger partial charge in [-0.1, -0.05) is 45.4 Å². The van der Waals surface area contributed by atoms with Crippen LogP contribution in [0.15, 0.2) is 29.4 Å². The molecule has 0 saturated carbocycles. The first-order valence-electron chi connectivity index (χ1n) is 10.3. The molecule has 34 heavy (non-hydrogen) atoms. The van der Waals surface area contributed by atoms with Crippen LogP contribution in [-0.2, 0) is 0 Å². The van der Waals surface area contributed by atoms with Crippen molar-refractivity contribution in [3.63, 3.8) is 0 Å². The van der Waals surface area contributed by atoms with Gasteiger partial charge in [-0.15, -0.1) is 5.10 Å². The summed E-state index contributed by atoms with van der Waals surface area (Å²) in [6, 6.07) is 6.67. The molecular weight excluding hydrogens is 600 g/mol. The highest BCUT2D eigenvalue weighted by Crippen LogP contribution is 2.39. The van der Waals surface area contributed by atoms with Crippen molar-refractivity contribution in [3.05, 3.63) is 40.8 Å². The van der Waals surface area contributed by atoms with E-state index in [-0.39, 0.29) is 34.4 Å². The van der Waals surface area contributed by atoms with Crippen LogP contribution < -0.4 is 21.6 Å². The molecule has 0 aliphatic carbocycles. The Balaban J connectivity index is 0.00000137. The Hall–Kier alpha value is -2.02. The van der Waals surface area contributed by atoms with Crippen molar-refractivity contribution in [2.24, 2.45) is 16.7 Å². The van der Waals surface area contributed by atoms with Gasteiger partial charge in [0.1, 0.15) is 10.7 Å². The van der Waals surface area contributed by atoms with Gasteiger partial charge in [0.25, 0.3) is 6.43 Å². The van der Waals surface area contributed by atoms with Gasteiger partial charge in [0.2, 0.25) is 0 Å². The molecule has 2 aromatic heterocycles. The fourth-order valence-electron chi connectivity index (χ4n) is 2.78. The lowest BCUT2D eigenvalue weighted by molar-refractivity contribution is 0.140. The van der Waals surface area contributed by atoms with Crippen molar-refractivity contribution in [2.45, 2.75) is 34.1 Å². The van der Waals surface area contributed by atoms with E-state index in [0.717, 1.165) is 5.12 Å². The van der Waals surface area contributed by atoms with Crippen LogP contribution >= 0.6 is 40.0 Å². The number of pyridine rings is 1. The van der Waals surface area contributed by atoms with Crippen LogP contribution in [-0.4, -0.2) is 39.4 Å². The number of hydrazone groups is 1. The number of aromatic nitrogens is 3. The average Bonchev–Trinajstić information content (AvgIpc) is 3.20. The summed E-state index contributed by atoms with van der Waals surface area (Å²) in [6.45, 7) is 8.00. The van der Waals surface area contributed by atoms with Gasteiger partial charge >= 0.3 is 0 Å². The number of nitrogens with one attached hydrogen (secondary N) is 1. The van der Waals surface area contributed by atoms with Crippen molar-refractivity contribution in [1.82, 2.24) is 19.4 Å². The van der Waals surface area contributed by atoms with Crippen molar-refractivity contribution in [2.75, 3.05) is 19.5 Å². The fraction of sp³-hybridized carbons (Fsp3) is 0.350. The Morgan fingerprint density at radius 3 is 2.44 bits per heavy atom. The third-order valence-corrected chi connectivity index (χ3v) is 6.17. The molecule has 2 heterocycles. The summed E-state index contributed by atoms with van der Waals surface area (Å²) >= 11 is 8.14. The van der Waals surface area contributed by atoms with Gasteiger partial charge in [0.05, 0.1) is 30.4 Å². The maximum Gasteiger partial charge on any atom is 0.295 e. The number of nitrogens with two attached hydrogens (primary N) is 2. The number of imidazole rings is 1. The van der Waals surface area contributed by atoms with Crippen molar-refractivity contribution < 1.29 is 13.5 Å². The lowest BCUT2D eigenvalue weighted by atomic mass is 10.1. The van der Waals surface area contributed by atoms with Gasteiger partial charge in [0.15, 0.2) is 23.1 Å². The van der Waals surface area contributed by atoms with Crippen LogP contribution in [0.25, 0.3) is 11.2 Å². The minimum Gasteiger partial charge on any atom is -0.494 e. The van der Waals surface area contributed by atoms with E-state index in [1.54, 1.807) is 18.2 Å².